The normalized spacial score (nSPS) is 15.7. The number of rotatable bonds is 7. The lowest BCUT2D eigenvalue weighted by atomic mass is 9.96. The highest BCUT2D eigenvalue weighted by molar-refractivity contribution is 7.90. The summed E-state index contributed by atoms with van der Waals surface area (Å²) in [4.78, 5) is 3.70. The topological polar surface area (TPSA) is 87.8 Å². The molecule has 6 nitrogen and oxygen atoms in total. The molecule has 2 aromatic heterocycles. The fourth-order valence-corrected chi connectivity index (χ4v) is 5.80. The molecule has 3 aromatic rings. The van der Waals surface area contributed by atoms with Crippen LogP contribution in [0.25, 0.3) is 22.2 Å². The van der Waals surface area contributed by atoms with E-state index in [9.17, 15) is 30.4 Å². The van der Waals surface area contributed by atoms with E-state index in [0.29, 0.717) is 18.9 Å². The Labute approximate surface area is 215 Å². The molecule has 0 aliphatic heterocycles. The van der Waals surface area contributed by atoms with Gasteiger partial charge in [-0.1, -0.05) is 20.8 Å². The average molecular weight is 559 g/mol. The third-order valence-corrected chi connectivity index (χ3v) is 8.00. The first-order valence-electron chi connectivity index (χ1n) is 11.6. The van der Waals surface area contributed by atoms with E-state index in [1.807, 2.05) is 25.5 Å². The molecule has 1 saturated carbocycles. The summed E-state index contributed by atoms with van der Waals surface area (Å²) in [6, 6.07) is 2.04. The van der Waals surface area contributed by atoms with E-state index in [-0.39, 0.29) is 28.6 Å². The van der Waals surface area contributed by atoms with Crippen molar-refractivity contribution < 1.29 is 34.8 Å². The maximum absolute atomic E-state index is 15.4. The highest BCUT2D eigenvalue weighted by atomic mass is 32.2. The molecule has 13 heteroatoms. The van der Waals surface area contributed by atoms with Crippen molar-refractivity contribution in [1.82, 2.24) is 14.3 Å². The van der Waals surface area contributed by atoms with Gasteiger partial charge in [0.05, 0.1) is 22.1 Å². The number of halogens is 6. The summed E-state index contributed by atoms with van der Waals surface area (Å²) < 4.78 is 114. The zero-order valence-electron chi connectivity index (χ0n) is 20.6. The van der Waals surface area contributed by atoms with Crippen molar-refractivity contribution in [3.8, 4) is 17.3 Å². The Morgan fingerprint density at radius 2 is 1.84 bits per heavy atom. The number of hydrogen-bond donors (Lipinski definition) is 1. The van der Waals surface area contributed by atoms with Gasteiger partial charge in [0.25, 0.3) is 6.43 Å². The Balaban J connectivity index is 1.96. The molecule has 4 rings (SSSR count). The van der Waals surface area contributed by atoms with Crippen molar-refractivity contribution in [2.75, 3.05) is 0 Å². The van der Waals surface area contributed by atoms with Gasteiger partial charge in [0.1, 0.15) is 17.9 Å². The number of aromatic nitrogens is 2. The van der Waals surface area contributed by atoms with E-state index in [1.165, 1.54) is 10.8 Å². The molecular formula is C25H24F6N4O2S. The summed E-state index contributed by atoms with van der Waals surface area (Å²) in [5.74, 6) is -1.17. The fourth-order valence-electron chi connectivity index (χ4n) is 4.27. The van der Waals surface area contributed by atoms with Gasteiger partial charge in [0, 0.05) is 41.0 Å². The second-order valence-corrected chi connectivity index (χ2v) is 12.5. The molecule has 1 N–H and O–H groups in total. The second kappa shape index (κ2) is 9.57. The van der Waals surface area contributed by atoms with E-state index >= 15 is 4.39 Å². The van der Waals surface area contributed by atoms with Crippen LogP contribution in [-0.4, -0.2) is 29.6 Å². The lowest BCUT2D eigenvalue weighted by molar-refractivity contribution is -0.137. The minimum atomic E-state index is -4.96. The quantitative estimate of drug-likeness (QED) is 0.352. The Hall–Kier alpha value is -3.11. The Morgan fingerprint density at radius 3 is 2.37 bits per heavy atom. The van der Waals surface area contributed by atoms with E-state index in [4.69, 9.17) is 5.26 Å². The minimum absolute atomic E-state index is 0.0681. The Morgan fingerprint density at radius 1 is 1.18 bits per heavy atom. The van der Waals surface area contributed by atoms with Crippen LogP contribution in [0.3, 0.4) is 0 Å². The molecule has 204 valence electrons. The van der Waals surface area contributed by atoms with Crippen LogP contribution < -0.4 is 4.72 Å². The van der Waals surface area contributed by atoms with Gasteiger partial charge in [-0.3, -0.25) is 4.98 Å². The highest BCUT2D eigenvalue weighted by Crippen LogP contribution is 2.41. The molecule has 1 aromatic carbocycles. The average Bonchev–Trinajstić information content (AvgIpc) is 3.60. The number of nitrogens with zero attached hydrogens (tertiary/aromatic N) is 3. The van der Waals surface area contributed by atoms with Crippen LogP contribution in [0.4, 0.5) is 26.3 Å². The van der Waals surface area contributed by atoms with Crippen LogP contribution in [0.2, 0.25) is 0 Å². The Kier molecular flexibility index (Phi) is 7.03. The number of fused-ring (bicyclic) bond motifs is 1. The van der Waals surface area contributed by atoms with Gasteiger partial charge < -0.3 is 4.57 Å². The summed E-state index contributed by atoms with van der Waals surface area (Å²) in [5, 5.41) is 8.16. The Bertz CT molecular complexity index is 1530. The first-order chi connectivity index (χ1) is 17.5. The van der Waals surface area contributed by atoms with Gasteiger partial charge in [0.15, 0.2) is 0 Å². The smallest absolute Gasteiger partial charge is 0.347 e. The summed E-state index contributed by atoms with van der Waals surface area (Å²) in [7, 11) is -4.06. The zero-order chi connectivity index (χ0) is 28.2. The third-order valence-electron chi connectivity index (χ3n) is 6.06. The molecule has 1 aliphatic rings. The SMILES string of the molecule is CC(C)(C)Cn1cc(C(NS(=O)(=O)C2CC2)C(F)F)c2cc(F)c(-c3ncc(C#N)cc3C(F)(F)F)cc21. The zero-order valence-corrected chi connectivity index (χ0v) is 21.4. The number of sulfonamides is 1. The molecule has 1 aliphatic carbocycles. The number of alkyl halides is 5. The van der Waals surface area contributed by atoms with Crippen molar-refractivity contribution >= 4 is 20.9 Å². The molecule has 0 spiro atoms. The molecule has 0 bridgehead atoms. The maximum Gasteiger partial charge on any atom is 0.418 e. The maximum atomic E-state index is 15.4. The fraction of sp³-hybridized carbons (Fsp3) is 0.440. The van der Waals surface area contributed by atoms with Crippen molar-refractivity contribution in [2.45, 2.75) is 64.1 Å². The second-order valence-electron chi connectivity index (χ2n) is 10.5. The van der Waals surface area contributed by atoms with Gasteiger partial charge in [0.2, 0.25) is 10.0 Å². The number of hydrogen-bond acceptors (Lipinski definition) is 4. The van der Waals surface area contributed by atoms with Crippen LogP contribution in [-0.2, 0) is 22.7 Å². The molecule has 0 amide bonds. The molecule has 38 heavy (non-hydrogen) atoms. The molecule has 1 fully saturated rings. The van der Waals surface area contributed by atoms with Crippen molar-refractivity contribution in [2.24, 2.45) is 5.41 Å². The largest absolute Gasteiger partial charge is 0.418 e. The summed E-state index contributed by atoms with van der Waals surface area (Å²) in [6.45, 7) is 5.72. The summed E-state index contributed by atoms with van der Waals surface area (Å²) in [5.41, 5.74) is -3.51. The van der Waals surface area contributed by atoms with Gasteiger partial charge in [-0.15, -0.1) is 0 Å². The molecule has 1 unspecified atom stereocenters. The van der Waals surface area contributed by atoms with Crippen molar-refractivity contribution in [3.63, 3.8) is 0 Å². The first-order valence-corrected chi connectivity index (χ1v) is 13.2. The summed E-state index contributed by atoms with van der Waals surface area (Å²) in [6.07, 6.45) is -5.30. The number of pyridine rings is 1. The van der Waals surface area contributed by atoms with Gasteiger partial charge in [-0.05, 0) is 36.5 Å². The minimum Gasteiger partial charge on any atom is -0.347 e. The van der Waals surface area contributed by atoms with Crippen molar-refractivity contribution in [1.29, 1.82) is 5.26 Å². The predicted octanol–water partition coefficient (Wildman–Crippen LogP) is 6.17. The van der Waals surface area contributed by atoms with E-state index in [0.717, 1.165) is 18.3 Å². The molecule has 2 heterocycles. The predicted molar refractivity (Wildman–Crippen MR) is 128 cm³/mol. The lowest BCUT2D eigenvalue weighted by Crippen LogP contribution is -2.35. The number of benzene rings is 1. The van der Waals surface area contributed by atoms with Crippen LogP contribution in [0.1, 0.15) is 56.3 Å². The number of nitriles is 1. The van der Waals surface area contributed by atoms with Crippen LogP contribution >= 0.6 is 0 Å². The third kappa shape index (κ3) is 5.66. The highest BCUT2D eigenvalue weighted by Gasteiger charge is 2.40. The van der Waals surface area contributed by atoms with Crippen LogP contribution in [0.15, 0.2) is 30.6 Å². The lowest BCUT2D eigenvalue weighted by Gasteiger charge is -2.20. The van der Waals surface area contributed by atoms with Gasteiger partial charge >= 0.3 is 6.18 Å². The summed E-state index contributed by atoms with van der Waals surface area (Å²) >= 11 is 0. The van der Waals surface area contributed by atoms with E-state index in [1.54, 1.807) is 6.07 Å². The number of nitrogens with one attached hydrogen (secondary N) is 1. The van der Waals surface area contributed by atoms with Gasteiger partial charge in [-0.25, -0.2) is 26.3 Å². The van der Waals surface area contributed by atoms with E-state index < -0.39 is 62.0 Å². The van der Waals surface area contributed by atoms with Gasteiger partial charge in [-0.2, -0.15) is 18.4 Å². The standard InChI is InChI=1S/C25H24F6N4O2S/c1-24(2,3)12-35-11-17(22(23(27)28)34-38(36,37)14-4-5-14)15-7-19(26)16(8-20(15)35)21-18(25(29,30)31)6-13(9-32)10-33-21/h6-8,10-11,14,22-23,34H,4-5,12H2,1-3H3. The van der Waals surface area contributed by atoms with E-state index in [2.05, 4.69) is 4.98 Å². The molecule has 0 saturated heterocycles. The van der Waals surface area contributed by atoms with Crippen LogP contribution in [0.5, 0.6) is 0 Å². The monoisotopic (exact) mass is 558 g/mol. The van der Waals surface area contributed by atoms with Crippen LogP contribution in [0, 0.1) is 22.6 Å². The molecule has 0 radical (unpaired) electrons. The first kappa shape index (κ1) is 27.9. The van der Waals surface area contributed by atoms with Crippen molar-refractivity contribution in [3.05, 3.63) is 53.1 Å². The molecule has 1 atom stereocenters. The molecular weight excluding hydrogens is 534 g/mol.